The van der Waals surface area contributed by atoms with Gasteiger partial charge in [0, 0.05) is 61.7 Å². The first-order valence-electron chi connectivity index (χ1n) is 12.6. The molecule has 3 amide bonds. The highest BCUT2D eigenvalue weighted by atomic mass is 16.6. The molecule has 0 unspecified atom stereocenters. The summed E-state index contributed by atoms with van der Waals surface area (Å²) in [5, 5.41) is 14.8. The minimum atomic E-state index is -0.507. The lowest BCUT2D eigenvalue weighted by Gasteiger charge is -2.28. The third-order valence-electron chi connectivity index (χ3n) is 6.40. The van der Waals surface area contributed by atoms with Crippen molar-refractivity contribution >= 4 is 34.2 Å². The van der Waals surface area contributed by atoms with Crippen LogP contribution in [-0.2, 0) is 22.5 Å². The smallest absolute Gasteiger partial charge is 0.322 e. The number of methoxy groups -OCH3 is 1. The van der Waals surface area contributed by atoms with Gasteiger partial charge in [-0.05, 0) is 35.7 Å². The largest absolute Gasteiger partial charge is 0.383 e. The fourth-order valence-corrected chi connectivity index (χ4v) is 4.28. The van der Waals surface area contributed by atoms with E-state index in [1.165, 1.54) is 36.3 Å². The van der Waals surface area contributed by atoms with Crippen LogP contribution in [0.2, 0.25) is 0 Å². The molecule has 0 saturated carbocycles. The van der Waals surface area contributed by atoms with E-state index in [1.807, 2.05) is 54.7 Å². The molecular formula is C29H31N5O5. The molecule has 0 atom stereocenters. The van der Waals surface area contributed by atoms with Crippen LogP contribution in [0.3, 0.4) is 0 Å². The van der Waals surface area contributed by atoms with Gasteiger partial charge in [0.15, 0.2) is 0 Å². The Kier molecular flexibility index (Phi) is 9.25. The fourth-order valence-electron chi connectivity index (χ4n) is 4.28. The molecule has 0 fully saturated rings. The molecule has 4 aromatic rings. The number of nitrogens with one attached hydrogen (secondary N) is 2. The average molecular weight is 530 g/mol. The quantitative estimate of drug-likeness (QED) is 0.201. The molecule has 0 aliphatic heterocycles. The number of carbonyl (C=O) groups is 2. The number of carbonyl (C=O) groups excluding carboxylic acids is 2. The molecule has 2 N–H and O–H groups in total. The molecular weight excluding hydrogens is 498 g/mol. The molecule has 0 aliphatic carbocycles. The molecule has 10 nitrogen and oxygen atoms in total. The monoisotopic (exact) mass is 529 g/mol. The van der Waals surface area contributed by atoms with Crippen molar-refractivity contribution in [2.75, 3.05) is 38.7 Å². The number of hydrogen-bond acceptors (Lipinski definition) is 5. The van der Waals surface area contributed by atoms with Gasteiger partial charge < -0.3 is 24.8 Å². The van der Waals surface area contributed by atoms with E-state index in [0.717, 1.165) is 22.0 Å². The Hall–Kier alpha value is -4.70. The zero-order chi connectivity index (χ0) is 27.6. The van der Waals surface area contributed by atoms with Crippen LogP contribution in [0, 0.1) is 10.1 Å². The van der Waals surface area contributed by atoms with Crippen molar-refractivity contribution in [3.05, 3.63) is 106 Å². The number of benzene rings is 3. The van der Waals surface area contributed by atoms with Gasteiger partial charge in [-0.1, -0.05) is 48.5 Å². The fraction of sp³-hybridized carbons (Fsp3) is 0.241. The summed E-state index contributed by atoms with van der Waals surface area (Å²) in [6.45, 7) is 1.17. The second kappa shape index (κ2) is 13.2. The van der Waals surface area contributed by atoms with E-state index in [0.29, 0.717) is 25.2 Å². The number of nitro benzene ring substituents is 1. The molecule has 0 bridgehead atoms. The Morgan fingerprint density at radius 1 is 0.949 bits per heavy atom. The first-order chi connectivity index (χ1) is 18.9. The summed E-state index contributed by atoms with van der Waals surface area (Å²) in [4.78, 5) is 43.5. The number of para-hydroxylation sites is 1. The molecule has 4 rings (SSSR count). The highest BCUT2D eigenvalue weighted by Gasteiger charge is 2.22. The summed E-state index contributed by atoms with van der Waals surface area (Å²) in [5.41, 5.74) is 3.46. The maximum atomic E-state index is 13.6. The van der Waals surface area contributed by atoms with Gasteiger partial charge in [0.2, 0.25) is 5.91 Å². The minimum Gasteiger partial charge on any atom is -0.383 e. The van der Waals surface area contributed by atoms with Crippen LogP contribution in [0.5, 0.6) is 0 Å². The van der Waals surface area contributed by atoms with Crippen LogP contribution in [0.15, 0.2) is 85.1 Å². The summed E-state index contributed by atoms with van der Waals surface area (Å²) in [6.07, 6.45) is 2.62. The first-order valence-corrected chi connectivity index (χ1v) is 12.6. The topological polar surface area (TPSA) is 121 Å². The highest BCUT2D eigenvalue weighted by molar-refractivity contribution is 5.92. The Labute approximate surface area is 226 Å². The lowest BCUT2D eigenvalue weighted by atomic mass is 10.1. The van der Waals surface area contributed by atoms with Crippen molar-refractivity contribution < 1.29 is 19.2 Å². The van der Waals surface area contributed by atoms with E-state index >= 15 is 0 Å². The molecule has 0 saturated heterocycles. The van der Waals surface area contributed by atoms with E-state index in [1.54, 1.807) is 4.90 Å². The number of nitrogens with zero attached hydrogens (tertiary/aromatic N) is 3. The number of urea groups is 1. The number of nitro groups is 1. The SMILES string of the molecule is COCCN(CC(=O)N(CCc1c[nH]c2ccccc12)Cc1ccccc1)C(=O)Nc1ccc([N+](=O)[O-])cc1. The normalized spacial score (nSPS) is 10.8. The molecule has 0 spiro atoms. The zero-order valence-corrected chi connectivity index (χ0v) is 21.7. The van der Waals surface area contributed by atoms with Crippen LogP contribution in [0.25, 0.3) is 10.9 Å². The molecule has 3 aromatic carbocycles. The van der Waals surface area contributed by atoms with Crippen molar-refractivity contribution in [2.24, 2.45) is 0 Å². The van der Waals surface area contributed by atoms with E-state index in [2.05, 4.69) is 16.4 Å². The average Bonchev–Trinajstić information content (AvgIpc) is 3.37. The van der Waals surface area contributed by atoms with E-state index in [-0.39, 0.29) is 31.3 Å². The zero-order valence-electron chi connectivity index (χ0n) is 21.7. The van der Waals surface area contributed by atoms with Gasteiger partial charge in [0.05, 0.1) is 11.5 Å². The maximum absolute atomic E-state index is 13.6. The number of aromatic nitrogens is 1. The van der Waals surface area contributed by atoms with Gasteiger partial charge in [-0.25, -0.2) is 4.79 Å². The number of hydrogen-bond donors (Lipinski definition) is 2. The number of fused-ring (bicyclic) bond motifs is 1. The van der Waals surface area contributed by atoms with Crippen molar-refractivity contribution in [3.8, 4) is 0 Å². The van der Waals surface area contributed by atoms with Crippen LogP contribution in [-0.4, -0.2) is 65.0 Å². The number of aromatic amines is 1. The van der Waals surface area contributed by atoms with Crippen LogP contribution in [0.4, 0.5) is 16.2 Å². The number of ether oxygens (including phenoxy) is 1. The standard InChI is InChI=1S/C29H31N5O5/c1-39-18-17-33(29(36)31-24-11-13-25(14-12-24)34(37)38)21-28(35)32(20-22-7-3-2-4-8-22)16-15-23-19-30-27-10-6-5-9-26(23)27/h2-14,19,30H,15-18,20-21H2,1H3,(H,31,36). The number of non-ortho nitro benzene ring substituents is 1. The second-order valence-corrected chi connectivity index (χ2v) is 9.06. The van der Waals surface area contributed by atoms with Gasteiger partial charge in [-0.2, -0.15) is 0 Å². The lowest BCUT2D eigenvalue weighted by Crippen LogP contribution is -2.46. The second-order valence-electron chi connectivity index (χ2n) is 9.06. The Bertz CT molecular complexity index is 1400. The summed E-state index contributed by atoms with van der Waals surface area (Å²) in [6, 6.07) is 22.8. The van der Waals surface area contributed by atoms with Gasteiger partial charge in [0.1, 0.15) is 6.54 Å². The Balaban J connectivity index is 1.48. The molecule has 0 radical (unpaired) electrons. The summed E-state index contributed by atoms with van der Waals surface area (Å²) in [5.74, 6) is -0.200. The molecule has 1 heterocycles. The number of amides is 3. The van der Waals surface area contributed by atoms with Gasteiger partial charge in [-0.3, -0.25) is 14.9 Å². The predicted octanol–water partition coefficient (Wildman–Crippen LogP) is 4.83. The Morgan fingerprint density at radius 2 is 1.67 bits per heavy atom. The number of anilines is 1. The summed E-state index contributed by atoms with van der Waals surface area (Å²) in [7, 11) is 1.52. The predicted molar refractivity (Wildman–Crippen MR) is 149 cm³/mol. The molecule has 1 aromatic heterocycles. The van der Waals surface area contributed by atoms with Gasteiger partial charge in [0.25, 0.3) is 5.69 Å². The summed E-state index contributed by atoms with van der Waals surface area (Å²) < 4.78 is 5.16. The van der Waals surface area contributed by atoms with Gasteiger partial charge in [-0.15, -0.1) is 0 Å². The first kappa shape index (κ1) is 27.3. The molecule has 202 valence electrons. The lowest BCUT2D eigenvalue weighted by molar-refractivity contribution is -0.384. The third-order valence-corrected chi connectivity index (χ3v) is 6.40. The van der Waals surface area contributed by atoms with E-state index in [9.17, 15) is 19.7 Å². The van der Waals surface area contributed by atoms with Crippen molar-refractivity contribution in [1.82, 2.24) is 14.8 Å². The van der Waals surface area contributed by atoms with Crippen molar-refractivity contribution in [2.45, 2.75) is 13.0 Å². The Morgan fingerprint density at radius 3 is 2.38 bits per heavy atom. The molecule has 39 heavy (non-hydrogen) atoms. The van der Waals surface area contributed by atoms with Gasteiger partial charge >= 0.3 is 6.03 Å². The van der Waals surface area contributed by atoms with Crippen molar-refractivity contribution in [1.29, 1.82) is 0 Å². The van der Waals surface area contributed by atoms with Crippen LogP contribution in [0.1, 0.15) is 11.1 Å². The van der Waals surface area contributed by atoms with Crippen LogP contribution < -0.4 is 5.32 Å². The van der Waals surface area contributed by atoms with E-state index < -0.39 is 11.0 Å². The highest BCUT2D eigenvalue weighted by Crippen LogP contribution is 2.19. The third kappa shape index (κ3) is 7.42. The molecule has 10 heteroatoms. The van der Waals surface area contributed by atoms with Crippen molar-refractivity contribution in [3.63, 3.8) is 0 Å². The number of H-pyrrole nitrogens is 1. The van der Waals surface area contributed by atoms with Crippen LogP contribution >= 0.6 is 0 Å². The maximum Gasteiger partial charge on any atom is 0.322 e. The summed E-state index contributed by atoms with van der Waals surface area (Å²) >= 11 is 0. The van der Waals surface area contributed by atoms with E-state index in [4.69, 9.17) is 4.74 Å². The number of rotatable bonds is 12. The molecule has 0 aliphatic rings. The minimum absolute atomic E-state index is 0.0776.